The van der Waals surface area contributed by atoms with Crippen molar-refractivity contribution in [1.29, 1.82) is 0 Å². The van der Waals surface area contributed by atoms with E-state index < -0.39 is 17.6 Å². The Balaban J connectivity index is 1.46. The second-order valence-corrected chi connectivity index (χ2v) is 8.33. The molecule has 0 fully saturated rings. The van der Waals surface area contributed by atoms with Crippen LogP contribution >= 0.6 is 0 Å². The van der Waals surface area contributed by atoms with Crippen molar-refractivity contribution in [2.45, 2.75) is 13.1 Å². The lowest BCUT2D eigenvalue weighted by Gasteiger charge is -2.13. The smallest absolute Gasteiger partial charge is 0.324 e. The Morgan fingerprint density at radius 3 is 2.59 bits per heavy atom. The summed E-state index contributed by atoms with van der Waals surface area (Å²) in [6, 6.07) is 13.1. The monoisotopic (exact) mass is 503 g/mol. The number of aromatic nitrogens is 5. The van der Waals surface area contributed by atoms with Crippen LogP contribution in [0.2, 0.25) is 0 Å². The van der Waals surface area contributed by atoms with Gasteiger partial charge in [0.15, 0.2) is 5.65 Å². The van der Waals surface area contributed by atoms with Crippen molar-refractivity contribution in [3.05, 3.63) is 89.9 Å². The molecule has 1 amide bonds. The minimum Gasteiger partial charge on any atom is -0.324 e. The van der Waals surface area contributed by atoms with Gasteiger partial charge in [-0.25, -0.2) is 4.98 Å². The molecule has 2 N–H and O–H groups in total. The third kappa shape index (κ3) is 4.96. The van der Waals surface area contributed by atoms with Gasteiger partial charge in [0.25, 0.3) is 5.91 Å². The Morgan fingerprint density at radius 1 is 1.00 bits per heavy atom. The Kier molecular flexibility index (Phi) is 6.04. The van der Waals surface area contributed by atoms with Crippen LogP contribution in [0, 0.1) is 6.92 Å². The van der Waals surface area contributed by atoms with E-state index in [9.17, 15) is 18.0 Å². The number of aryl methyl sites for hydroxylation is 2. The Morgan fingerprint density at radius 2 is 1.84 bits per heavy atom. The normalized spacial score (nSPS) is 11.5. The lowest BCUT2D eigenvalue weighted by molar-refractivity contribution is -0.137. The number of alkyl halides is 3. The van der Waals surface area contributed by atoms with Gasteiger partial charge in [0.05, 0.1) is 22.8 Å². The molecule has 0 radical (unpaired) electrons. The summed E-state index contributed by atoms with van der Waals surface area (Å²) in [5.74, 6) is -0.269. The van der Waals surface area contributed by atoms with Crippen LogP contribution < -0.4 is 10.6 Å². The van der Waals surface area contributed by atoms with E-state index in [1.807, 2.05) is 19.1 Å². The molecular weight excluding hydrogens is 483 g/mol. The zero-order valence-corrected chi connectivity index (χ0v) is 19.7. The predicted octanol–water partition coefficient (Wildman–Crippen LogP) is 5.75. The molecule has 186 valence electrons. The van der Waals surface area contributed by atoms with Crippen LogP contribution in [0.3, 0.4) is 0 Å². The SMILES string of the molecule is Cc1ccc(C(=O)Nc2cccc(C(F)(F)F)c2)cc1Nc1nc(-c2cccnc2)c2cnn(C)c2n1. The molecule has 3 heterocycles. The zero-order valence-electron chi connectivity index (χ0n) is 19.7. The predicted molar refractivity (Wildman–Crippen MR) is 133 cm³/mol. The molecule has 8 nitrogen and oxygen atoms in total. The van der Waals surface area contributed by atoms with Gasteiger partial charge in [0.1, 0.15) is 0 Å². The number of anilines is 3. The molecule has 3 aromatic heterocycles. The summed E-state index contributed by atoms with van der Waals surface area (Å²) < 4.78 is 40.7. The van der Waals surface area contributed by atoms with Crippen LogP contribution in [0.1, 0.15) is 21.5 Å². The van der Waals surface area contributed by atoms with Gasteiger partial charge < -0.3 is 10.6 Å². The molecule has 0 aliphatic rings. The van der Waals surface area contributed by atoms with E-state index in [1.165, 1.54) is 12.1 Å². The van der Waals surface area contributed by atoms with Gasteiger partial charge in [-0.05, 0) is 55.0 Å². The van der Waals surface area contributed by atoms with E-state index in [-0.39, 0.29) is 17.2 Å². The number of pyridine rings is 1. The molecule has 0 saturated heterocycles. The summed E-state index contributed by atoms with van der Waals surface area (Å²) in [7, 11) is 1.77. The minimum atomic E-state index is -4.51. The number of hydrogen-bond acceptors (Lipinski definition) is 6. The number of halogens is 3. The summed E-state index contributed by atoms with van der Waals surface area (Å²) in [5.41, 5.74) is 2.86. The molecule has 0 bridgehead atoms. The van der Waals surface area contributed by atoms with E-state index >= 15 is 0 Å². The highest BCUT2D eigenvalue weighted by Crippen LogP contribution is 2.31. The molecule has 5 rings (SSSR count). The van der Waals surface area contributed by atoms with E-state index in [2.05, 4.69) is 30.7 Å². The average Bonchev–Trinajstić information content (AvgIpc) is 3.25. The molecular formula is C26H20F3N7O. The van der Waals surface area contributed by atoms with E-state index in [0.29, 0.717) is 17.0 Å². The molecule has 37 heavy (non-hydrogen) atoms. The highest BCUT2D eigenvalue weighted by atomic mass is 19.4. The number of carbonyl (C=O) groups excluding carboxylic acids is 1. The van der Waals surface area contributed by atoms with Gasteiger partial charge in [0, 0.05) is 41.9 Å². The van der Waals surface area contributed by atoms with Gasteiger partial charge in [0.2, 0.25) is 5.95 Å². The maximum atomic E-state index is 13.0. The highest BCUT2D eigenvalue weighted by Gasteiger charge is 2.30. The first kappa shape index (κ1) is 23.9. The third-order valence-electron chi connectivity index (χ3n) is 5.72. The highest BCUT2D eigenvalue weighted by molar-refractivity contribution is 6.05. The summed E-state index contributed by atoms with van der Waals surface area (Å²) in [6.07, 6.45) is 0.545. The minimum absolute atomic E-state index is 0.0426. The van der Waals surface area contributed by atoms with Crippen molar-refractivity contribution in [2.24, 2.45) is 7.05 Å². The van der Waals surface area contributed by atoms with Gasteiger partial charge in [-0.1, -0.05) is 12.1 Å². The van der Waals surface area contributed by atoms with E-state index in [0.717, 1.165) is 28.6 Å². The van der Waals surface area contributed by atoms with Crippen LogP contribution in [-0.2, 0) is 13.2 Å². The van der Waals surface area contributed by atoms with Crippen molar-refractivity contribution >= 4 is 34.3 Å². The zero-order chi connectivity index (χ0) is 26.2. The fraction of sp³-hybridized carbons (Fsp3) is 0.115. The molecule has 0 spiro atoms. The molecule has 0 aliphatic carbocycles. The Bertz CT molecular complexity index is 1610. The first-order valence-corrected chi connectivity index (χ1v) is 11.2. The largest absolute Gasteiger partial charge is 0.416 e. The summed E-state index contributed by atoms with van der Waals surface area (Å²) in [4.78, 5) is 26.3. The summed E-state index contributed by atoms with van der Waals surface area (Å²) in [5, 5.41) is 10.7. The number of nitrogens with zero attached hydrogens (tertiary/aromatic N) is 5. The lowest BCUT2D eigenvalue weighted by Crippen LogP contribution is -2.13. The van der Waals surface area contributed by atoms with Crippen LogP contribution in [-0.4, -0.2) is 30.6 Å². The van der Waals surface area contributed by atoms with E-state index in [4.69, 9.17) is 0 Å². The van der Waals surface area contributed by atoms with Crippen LogP contribution in [0.15, 0.2) is 73.2 Å². The van der Waals surface area contributed by atoms with Crippen LogP contribution in [0.5, 0.6) is 0 Å². The number of hydrogen-bond donors (Lipinski definition) is 2. The van der Waals surface area contributed by atoms with Crippen molar-refractivity contribution < 1.29 is 18.0 Å². The van der Waals surface area contributed by atoms with Crippen molar-refractivity contribution in [2.75, 3.05) is 10.6 Å². The van der Waals surface area contributed by atoms with Crippen LogP contribution in [0.4, 0.5) is 30.5 Å². The van der Waals surface area contributed by atoms with Crippen molar-refractivity contribution in [1.82, 2.24) is 24.7 Å². The standard InChI is InChI=1S/C26H20F3N7O/c1-15-8-9-16(24(37)32-19-7-3-6-18(12-19)26(27,28)29)11-21(15)33-25-34-22(17-5-4-10-30-13-17)20-14-31-36(2)23(20)35-25/h3-14H,1-2H3,(H,32,37)(H,33,34,35). The Hall–Kier alpha value is -4.80. The van der Waals surface area contributed by atoms with Crippen molar-refractivity contribution in [3.63, 3.8) is 0 Å². The maximum Gasteiger partial charge on any atom is 0.416 e. The number of benzene rings is 2. The van der Waals surface area contributed by atoms with Gasteiger partial charge >= 0.3 is 6.18 Å². The summed E-state index contributed by atoms with van der Waals surface area (Å²) >= 11 is 0. The molecule has 0 aliphatic heterocycles. The van der Waals surface area contributed by atoms with Crippen molar-refractivity contribution in [3.8, 4) is 11.3 Å². The molecule has 0 saturated carbocycles. The number of rotatable bonds is 5. The quantitative estimate of drug-likeness (QED) is 0.317. The fourth-order valence-corrected chi connectivity index (χ4v) is 3.80. The topological polar surface area (TPSA) is 97.6 Å². The number of nitrogens with one attached hydrogen (secondary N) is 2. The lowest BCUT2D eigenvalue weighted by atomic mass is 10.1. The second-order valence-electron chi connectivity index (χ2n) is 8.33. The molecule has 5 aromatic rings. The van der Waals surface area contributed by atoms with Gasteiger partial charge in [-0.3, -0.25) is 14.5 Å². The average molecular weight is 503 g/mol. The summed E-state index contributed by atoms with van der Waals surface area (Å²) in [6.45, 7) is 1.85. The first-order valence-electron chi connectivity index (χ1n) is 11.2. The first-order chi connectivity index (χ1) is 17.7. The maximum absolute atomic E-state index is 13.0. The van der Waals surface area contributed by atoms with E-state index in [1.54, 1.807) is 48.5 Å². The Labute approximate surface area is 209 Å². The fourth-order valence-electron chi connectivity index (χ4n) is 3.80. The second kappa shape index (κ2) is 9.34. The molecule has 0 atom stereocenters. The number of fused-ring (bicyclic) bond motifs is 1. The third-order valence-corrected chi connectivity index (χ3v) is 5.72. The number of amides is 1. The van der Waals surface area contributed by atoms with Gasteiger partial charge in [-0.2, -0.15) is 23.3 Å². The van der Waals surface area contributed by atoms with Gasteiger partial charge in [-0.15, -0.1) is 0 Å². The molecule has 0 unspecified atom stereocenters. The number of carbonyl (C=O) groups is 1. The molecule has 11 heteroatoms. The molecule has 2 aromatic carbocycles. The van der Waals surface area contributed by atoms with Crippen LogP contribution in [0.25, 0.3) is 22.3 Å².